The van der Waals surface area contributed by atoms with Crippen molar-refractivity contribution in [2.75, 3.05) is 26.7 Å². The number of aliphatic imine (C=N–C) groups is 1. The number of para-hydroxylation sites is 2. The number of hydrogen-bond donors (Lipinski definition) is 3. The van der Waals surface area contributed by atoms with Gasteiger partial charge in [0, 0.05) is 33.2 Å². The summed E-state index contributed by atoms with van der Waals surface area (Å²) in [5.74, 6) is 1.83. The van der Waals surface area contributed by atoms with E-state index < -0.39 is 0 Å². The van der Waals surface area contributed by atoms with Crippen molar-refractivity contribution in [3.05, 3.63) is 30.1 Å². The zero-order valence-electron chi connectivity index (χ0n) is 15.8. The molecule has 3 N–H and O–H groups in total. The number of H-pyrrole nitrogens is 1. The summed E-state index contributed by atoms with van der Waals surface area (Å²) in [5, 5.41) is 6.69. The van der Waals surface area contributed by atoms with Crippen LogP contribution in [0.2, 0.25) is 0 Å². The predicted molar refractivity (Wildman–Crippen MR) is 107 cm³/mol. The minimum Gasteiger partial charge on any atom is -0.378 e. The summed E-state index contributed by atoms with van der Waals surface area (Å²) >= 11 is 0. The van der Waals surface area contributed by atoms with E-state index in [-0.39, 0.29) is 0 Å². The van der Waals surface area contributed by atoms with Crippen LogP contribution in [0.4, 0.5) is 0 Å². The summed E-state index contributed by atoms with van der Waals surface area (Å²) in [4.78, 5) is 12.2. The fourth-order valence-corrected chi connectivity index (χ4v) is 3.40. The molecule has 6 heteroatoms. The molecule has 0 amide bonds. The summed E-state index contributed by atoms with van der Waals surface area (Å²) in [6, 6.07) is 8.11. The number of rotatable bonds is 8. The van der Waals surface area contributed by atoms with Gasteiger partial charge in [-0.3, -0.25) is 4.99 Å². The van der Waals surface area contributed by atoms with Crippen LogP contribution in [0.15, 0.2) is 29.3 Å². The van der Waals surface area contributed by atoms with Crippen LogP contribution >= 0.6 is 0 Å². The number of ether oxygens (including phenoxy) is 1. The molecule has 1 aromatic heterocycles. The lowest BCUT2D eigenvalue weighted by Gasteiger charge is -2.22. The van der Waals surface area contributed by atoms with E-state index in [4.69, 9.17) is 4.74 Å². The minimum absolute atomic E-state index is 0.491. The SMILES string of the molecule is CN=C(NCCCOC1CCCCC1)NCCc1nc2ccccc2[nH]1. The van der Waals surface area contributed by atoms with Crippen molar-refractivity contribution in [2.24, 2.45) is 4.99 Å². The van der Waals surface area contributed by atoms with E-state index in [1.807, 2.05) is 18.2 Å². The first-order valence-corrected chi connectivity index (χ1v) is 9.85. The van der Waals surface area contributed by atoms with E-state index >= 15 is 0 Å². The molecule has 1 fully saturated rings. The Morgan fingerprint density at radius 1 is 1.19 bits per heavy atom. The highest BCUT2D eigenvalue weighted by Gasteiger charge is 2.13. The highest BCUT2D eigenvalue weighted by atomic mass is 16.5. The third kappa shape index (κ3) is 5.73. The van der Waals surface area contributed by atoms with E-state index in [0.717, 1.165) is 55.4 Å². The first-order valence-electron chi connectivity index (χ1n) is 9.85. The van der Waals surface area contributed by atoms with Gasteiger partial charge in [0.25, 0.3) is 0 Å². The molecule has 1 aromatic carbocycles. The Kier molecular flexibility index (Phi) is 7.31. The predicted octanol–water partition coefficient (Wildman–Crippen LogP) is 3.01. The third-order valence-electron chi connectivity index (χ3n) is 4.84. The Bertz CT molecular complexity index is 657. The van der Waals surface area contributed by atoms with Gasteiger partial charge in [-0.15, -0.1) is 0 Å². The number of aromatic amines is 1. The minimum atomic E-state index is 0.491. The molecular weight excluding hydrogens is 326 g/mol. The molecule has 0 spiro atoms. The van der Waals surface area contributed by atoms with Crippen LogP contribution in [0.5, 0.6) is 0 Å². The average molecular weight is 358 g/mol. The van der Waals surface area contributed by atoms with Gasteiger partial charge in [0.15, 0.2) is 5.96 Å². The maximum Gasteiger partial charge on any atom is 0.190 e. The van der Waals surface area contributed by atoms with Crippen molar-refractivity contribution in [1.82, 2.24) is 20.6 Å². The molecule has 26 heavy (non-hydrogen) atoms. The van der Waals surface area contributed by atoms with Gasteiger partial charge in [-0.2, -0.15) is 0 Å². The molecular formula is C20H31N5O. The van der Waals surface area contributed by atoms with Crippen molar-refractivity contribution < 1.29 is 4.74 Å². The quantitative estimate of drug-likeness (QED) is 0.386. The highest BCUT2D eigenvalue weighted by molar-refractivity contribution is 5.79. The Morgan fingerprint density at radius 2 is 2.00 bits per heavy atom. The summed E-state index contributed by atoms with van der Waals surface area (Å²) in [7, 11) is 1.80. The van der Waals surface area contributed by atoms with Crippen LogP contribution in [-0.4, -0.2) is 48.8 Å². The molecule has 1 heterocycles. The molecule has 1 saturated carbocycles. The molecule has 0 atom stereocenters. The normalized spacial score (nSPS) is 16.1. The Hall–Kier alpha value is -2.08. The van der Waals surface area contributed by atoms with Crippen molar-refractivity contribution in [1.29, 1.82) is 0 Å². The lowest BCUT2D eigenvalue weighted by Crippen LogP contribution is -2.39. The smallest absolute Gasteiger partial charge is 0.190 e. The second-order valence-electron chi connectivity index (χ2n) is 6.86. The molecule has 0 bridgehead atoms. The number of imidazole rings is 1. The van der Waals surface area contributed by atoms with Crippen LogP contribution in [0.1, 0.15) is 44.3 Å². The van der Waals surface area contributed by atoms with Crippen LogP contribution in [0, 0.1) is 0 Å². The summed E-state index contributed by atoms with van der Waals surface area (Å²) in [6.45, 7) is 2.49. The van der Waals surface area contributed by atoms with Gasteiger partial charge >= 0.3 is 0 Å². The van der Waals surface area contributed by atoms with E-state index in [1.165, 1.54) is 32.1 Å². The molecule has 3 rings (SSSR count). The molecule has 6 nitrogen and oxygen atoms in total. The number of aromatic nitrogens is 2. The van der Waals surface area contributed by atoms with Gasteiger partial charge in [0.1, 0.15) is 5.82 Å². The number of benzene rings is 1. The molecule has 0 aliphatic heterocycles. The molecule has 1 aliphatic carbocycles. The van der Waals surface area contributed by atoms with Gasteiger partial charge in [-0.1, -0.05) is 31.4 Å². The second-order valence-corrected chi connectivity index (χ2v) is 6.86. The van der Waals surface area contributed by atoms with Gasteiger partial charge in [0.2, 0.25) is 0 Å². The Balaban J connectivity index is 1.29. The number of fused-ring (bicyclic) bond motifs is 1. The lowest BCUT2D eigenvalue weighted by atomic mass is 9.98. The largest absolute Gasteiger partial charge is 0.378 e. The monoisotopic (exact) mass is 357 g/mol. The highest BCUT2D eigenvalue weighted by Crippen LogP contribution is 2.20. The first-order chi connectivity index (χ1) is 12.8. The van der Waals surface area contributed by atoms with Crippen LogP contribution in [0.25, 0.3) is 11.0 Å². The zero-order valence-corrected chi connectivity index (χ0v) is 15.8. The molecule has 142 valence electrons. The standard InChI is InChI=1S/C20H31N5O/c1-21-20(22-13-7-15-26-16-8-3-2-4-9-16)23-14-12-19-24-17-10-5-6-11-18(17)25-19/h5-6,10-11,16H,2-4,7-9,12-15H2,1H3,(H,24,25)(H2,21,22,23). The van der Waals surface area contributed by atoms with Crippen molar-refractivity contribution in [3.8, 4) is 0 Å². The summed E-state index contributed by atoms with van der Waals surface area (Å²) < 4.78 is 5.95. The van der Waals surface area contributed by atoms with Crippen molar-refractivity contribution >= 4 is 17.0 Å². The average Bonchev–Trinajstić information content (AvgIpc) is 3.10. The topological polar surface area (TPSA) is 74.3 Å². The zero-order chi connectivity index (χ0) is 18.0. The third-order valence-corrected chi connectivity index (χ3v) is 4.84. The Labute approximate surface area is 155 Å². The number of nitrogens with one attached hydrogen (secondary N) is 3. The number of hydrogen-bond acceptors (Lipinski definition) is 3. The lowest BCUT2D eigenvalue weighted by molar-refractivity contribution is 0.0277. The van der Waals surface area contributed by atoms with E-state index in [0.29, 0.717) is 6.10 Å². The molecule has 1 aliphatic rings. The van der Waals surface area contributed by atoms with Crippen molar-refractivity contribution in [2.45, 2.75) is 51.0 Å². The van der Waals surface area contributed by atoms with Crippen LogP contribution in [0.3, 0.4) is 0 Å². The fourth-order valence-electron chi connectivity index (χ4n) is 3.40. The van der Waals surface area contributed by atoms with E-state index in [9.17, 15) is 0 Å². The molecule has 0 unspecified atom stereocenters. The van der Waals surface area contributed by atoms with Crippen LogP contribution < -0.4 is 10.6 Å². The second kappa shape index (κ2) is 10.2. The van der Waals surface area contributed by atoms with Crippen molar-refractivity contribution in [3.63, 3.8) is 0 Å². The molecule has 2 aromatic rings. The van der Waals surface area contributed by atoms with Gasteiger partial charge in [-0.25, -0.2) is 4.98 Å². The summed E-state index contributed by atoms with van der Waals surface area (Å²) in [5.41, 5.74) is 2.10. The Morgan fingerprint density at radius 3 is 2.81 bits per heavy atom. The molecule has 0 saturated heterocycles. The maximum absolute atomic E-state index is 5.95. The van der Waals surface area contributed by atoms with Crippen LogP contribution in [-0.2, 0) is 11.2 Å². The first kappa shape index (κ1) is 18.7. The number of nitrogens with zero attached hydrogens (tertiary/aromatic N) is 2. The van der Waals surface area contributed by atoms with E-state index in [2.05, 4.69) is 31.7 Å². The number of guanidine groups is 1. The van der Waals surface area contributed by atoms with Gasteiger partial charge in [0.05, 0.1) is 17.1 Å². The fraction of sp³-hybridized carbons (Fsp3) is 0.600. The van der Waals surface area contributed by atoms with E-state index in [1.54, 1.807) is 7.05 Å². The summed E-state index contributed by atoms with van der Waals surface area (Å²) in [6.07, 6.45) is 8.81. The maximum atomic E-state index is 5.95. The molecule has 0 radical (unpaired) electrons. The van der Waals surface area contributed by atoms with Gasteiger partial charge < -0.3 is 20.4 Å². The van der Waals surface area contributed by atoms with Gasteiger partial charge in [-0.05, 0) is 31.4 Å².